The Labute approximate surface area is 121 Å². The number of carboxylic acids is 1. The summed E-state index contributed by atoms with van der Waals surface area (Å²) in [5, 5.41) is 8.70. The summed E-state index contributed by atoms with van der Waals surface area (Å²) >= 11 is 3.12. The molecule has 0 spiro atoms. The molecule has 3 nitrogen and oxygen atoms in total. The lowest BCUT2D eigenvalue weighted by atomic mass is 10.1. The Morgan fingerprint density at radius 1 is 1.15 bits per heavy atom. The van der Waals surface area contributed by atoms with Gasteiger partial charge in [-0.15, -0.1) is 0 Å². The van der Waals surface area contributed by atoms with Crippen LogP contribution in [0.4, 0.5) is 8.78 Å². The molecule has 0 unspecified atom stereocenters. The van der Waals surface area contributed by atoms with Gasteiger partial charge in [0.25, 0.3) is 0 Å². The number of carbonyl (C=O) groups is 1. The van der Waals surface area contributed by atoms with Crippen LogP contribution >= 0.6 is 15.9 Å². The highest BCUT2D eigenvalue weighted by atomic mass is 79.9. The quantitative estimate of drug-likeness (QED) is 0.913. The minimum Gasteiger partial charge on any atom is -0.486 e. The van der Waals surface area contributed by atoms with Crippen LogP contribution in [0.1, 0.15) is 15.9 Å². The summed E-state index contributed by atoms with van der Waals surface area (Å²) in [7, 11) is 0. The summed E-state index contributed by atoms with van der Waals surface area (Å²) in [5.41, 5.74) is -0.00149. The molecule has 2 aromatic rings. The normalized spacial score (nSPS) is 10.3. The van der Waals surface area contributed by atoms with E-state index in [4.69, 9.17) is 9.84 Å². The maximum Gasteiger partial charge on any atom is 0.338 e. The van der Waals surface area contributed by atoms with Gasteiger partial charge >= 0.3 is 5.97 Å². The second-order valence-corrected chi connectivity index (χ2v) is 4.90. The van der Waals surface area contributed by atoms with Crippen molar-refractivity contribution in [2.75, 3.05) is 0 Å². The van der Waals surface area contributed by atoms with Crippen molar-refractivity contribution in [1.82, 2.24) is 0 Å². The molecule has 20 heavy (non-hydrogen) atoms. The summed E-state index contributed by atoms with van der Waals surface area (Å²) < 4.78 is 32.7. The lowest BCUT2D eigenvalue weighted by Crippen LogP contribution is -2.03. The number of hydrogen-bond acceptors (Lipinski definition) is 2. The van der Waals surface area contributed by atoms with Gasteiger partial charge in [-0.05, 0) is 35.9 Å². The Kier molecular flexibility index (Phi) is 4.34. The van der Waals surface area contributed by atoms with Crippen molar-refractivity contribution in [3.05, 3.63) is 63.6 Å². The largest absolute Gasteiger partial charge is 0.486 e. The van der Waals surface area contributed by atoms with Crippen molar-refractivity contribution in [3.63, 3.8) is 0 Å². The zero-order valence-corrected chi connectivity index (χ0v) is 11.7. The number of halogens is 3. The third-order valence-electron chi connectivity index (χ3n) is 2.55. The van der Waals surface area contributed by atoms with E-state index in [1.165, 1.54) is 18.2 Å². The van der Waals surface area contributed by atoms with Gasteiger partial charge in [-0.3, -0.25) is 0 Å². The van der Waals surface area contributed by atoms with Crippen LogP contribution in [-0.4, -0.2) is 11.1 Å². The van der Waals surface area contributed by atoms with Crippen molar-refractivity contribution in [2.24, 2.45) is 0 Å². The van der Waals surface area contributed by atoms with Gasteiger partial charge < -0.3 is 9.84 Å². The van der Waals surface area contributed by atoms with Gasteiger partial charge in [0.1, 0.15) is 12.4 Å². The van der Waals surface area contributed by atoms with Crippen molar-refractivity contribution in [1.29, 1.82) is 0 Å². The number of rotatable bonds is 4. The van der Waals surface area contributed by atoms with Gasteiger partial charge in [0.05, 0.1) is 5.56 Å². The average molecular weight is 343 g/mol. The first-order valence-electron chi connectivity index (χ1n) is 5.57. The molecule has 0 atom stereocenters. The molecule has 0 aliphatic heterocycles. The molecule has 0 aliphatic carbocycles. The second kappa shape index (κ2) is 6.00. The van der Waals surface area contributed by atoms with Crippen molar-refractivity contribution in [2.45, 2.75) is 6.61 Å². The smallest absolute Gasteiger partial charge is 0.338 e. The Balaban J connectivity index is 2.11. The predicted octanol–water partition coefficient (Wildman–Crippen LogP) is 4.00. The maximum absolute atomic E-state index is 13.5. The maximum atomic E-state index is 13.5. The Morgan fingerprint density at radius 3 is 2.50 bits per heavy atom. The summed E-state index contributed by atoms with van der Waals surface area (Å²) in [6, 6.07) is 7.94. The standard InChI is InChI=1S/C14H9BrF2O3/c15-9-2-4-13(12(17)6-9)20-7-8-1-3-10(14(18)19)11(16)5-8/h1-6H,7H2,(H,18,19). The highest BCUT2D eigenvalue weighted by Gasteiger charge is 2.11. The third kappa shape index (κ3) is 3.33. The molecular formula is C14H9BrF2O3. The van der Waals surface area contributed by atoms with E-state index in [2.05, 4.69) is 15.9 Å². The first-order valence-corrected chi connectivity index (χ1v) is 6.36. The van der Waals surface area contributed by atoms with Crippen LogP contribution in [-0.2, 0) is 6.61 Å². The van der Waals surface area contributed by atoms with Crippen molar-refractivity contribution in [3.8, 4) is 5.75 Å². The van der Waals surface area contributed by atoms with Gasteiger partial charge in [0.15, 0.2) is 11.6 Å². The fourth-order valence-corrected chi connectivity index (χ4v) is 1.91. The lowest BCUT2D eigenvalue weighted by Gasteiger charge is -2.08. The van der Waals surface area contributed by atoms with Crippen LogP contribution in [0, 0.1) is 11.6 Å². The molecule has 0 bridgehead atoms. The van der Waals surface area contributed by atoms with Crippen LogP contribution < -0.4 is 4.74 Å². The van der Waals surface area contributed by atoms with Crippen molar-refractivity contribution >= 4 is 21.9 Å². The van der Waals surface area contributed by atoms with Crippen LogP contribution in [0.2, 0.25) is 0 Å². The molecule has 2 rings (SSSR count). The monoisotopic (exact) mass is 342 g/mol. The molecule has 1 N–H and O–H groups in total. The van der Waals surface area contributed by atoms with Gasteiger partial charge in [-0.1, -0.05) is 22.0 Å². The minimum absolute atomic E-state index is 0.0379. The molecule has 0 amide bonds. The molecule has 0 saturated heterocycles. The molecule has 0 heterocycles. The van der Waals surface area contributed by atoms with Crippen LogP contribution in [0.15, 0.2) is 40.9 Å². The summed E-state index contributed by atoms with van der Waals surface area (Å²) in [5.74, 6) is -2.69. The highest BCUT2D eigenvalue weighted by Crippen LogP contribution is 2.22. The molecule has 0 saturated carbocycles. The molecule has 2 aromatic carbocycles. The zero-order valence-electron chi connectivity index (χ0n) is 10.1. The predicted molar refractivity (Wildman–Crippen MR) is 71.8 cm³/mol. The second-order valence-electron chi connectivity index (χ2n) is 3.98. The van der Waals surface area contributed by atoms with E-state index < -0.39 is 23.2 Å². The molecule has 0 radical (unpaired) electrons. The van der Waals surface area contributed by atoms with E-state index in [0.29, 0.717) is 10.0 Å². The number of benzene rings is 2. The SMILES string of the molecule is O=C(O)c1ccc(COc2ccc(Br)cc2F)cc1F. The lowest BCUT2D eigenvalue weighted by molar-refractivity contribution is 0.0692. The van der Waals surface area contributed by atoms with Crippen LogP contribution in [0.5, 0.6) is 5.75 Å². The molecule has 0 aromatic heterocycles. The minimum atomic E-state index is -1.34. The molecular weight excluding hydrogens is 334 g/mol. The van der Waals surface area contributed by atoms with E-state index in [1.807, 2.05) is 0 Å². The number of hydrogen-bond donors (Lipinski definition) is 1. The first kappa shape index (κ1) is 14.5. The molecule has 104 valence electrons. The summed E-state index contributed by atoms with van der Waals surface area (Å²) in [6.45, 7) is -0.0601. The Bertz CT molecular complexity index is 659. The zero-order chi connectivity index (χ0) is 14.7. The number of ether oxygens (including phenoxy) is 1. The number of carboxylic acid groups (broad SMARTS) is 1. The van der Waals surface area contributed by atoms with Gasteiger partial charge in [0, 0.05) is 4.47 Å². The van der Waals surface area contributed by atoms with Gasteiger partial charge in [-0.25, -0.2) is 13.6 Å². The topological polar surface area (TPSA) is 46.5 Å². The van der Waals surface area contributed by atoms with E-state index in [-0.39, 0.29) is 12.4 Å². The Hall–Kier alpha value is -1.95. The van der Waals surface area contributed by atoms with Crippen LogP contribution in [0.25, 0.3) is 0 Å². The average Bonchev–Trinajstić information content (AvgIpc) is 2.37. The van der Waals surface area contributed by atoms with Gasteiger partial charge in [0.2, 0.25) is 0 Å². The first-order chi connectivity index (χ1) is 9.47. The van der Waals surface area contributed by atoms with E-state index in [9.17, 15) is 13.6 Å². The molecule has 0 aliphatic rings. The third-order valence-corrected chi connectivity index (χ3v) is 3.05. The molecule has 6 heteroatoms. The highest BCUT2D eigenvalue weighted by molar-refractivity contribution is 9.10. The number of aromatic carboxylic acids is 1. The van der Waals surface area contributed by atoms with E-state index in [0.717, 1.165) is 12.1 Å². The van der Waals surface area contributed by atoms with Crippen LogP contribution in [0.3, 0.4) is 0 Å². The summed E-state index contributed by atoms with van der Waals surface area (Å²) in [4.78, 5) is 10.7. The van der Waals surface area contributed by atoms with Crippen molar-refractivity contribution < 1.29 is 23.4 Å². The van der Waals surface area contributed by atoms with E-state index >= 15 is 0 Å². The Morgan fingerprint density at radius 2 is 1.90 bits per heavy atom. The molecule has 0 fully saturated rings. The van der Waals surface area contributed by atoms with E-state index in [1.54, 1.807) is 6.07 Å². The fourth-order valence-electron chi connectivity index (χ4n) is 1.58. The fraction of sp³-hybridized carbons (Fsp3) is 0.0714. The summed E-state index contributed by atoms with van der Waals surface area (Å²) in [6.07, 6.45) is 0. The van der Waals surface area contributed by atoms with Gasteiger partial charge in [-0.2, -0.15) is 0 Å².